The van der Waals surface area contributed by atoms with E-state index in [4.69, 9.17) is 4.74 Å². The van der Waals surface area contributed by atoms with Crippen molar-refractivity contribution >= 4 is 5.97 Å². The molecule has 0 radical (unpaired) electrons. The predicted molar refractivity (Wildman–Crippen MR) is 82.1 cm³/mol. The molecule has 1 aromatic heterocycles. The molecule has 112 valence electrons. The maximum Gasteiger partial charge on any atom is 0.337 e. The van der Waals surface area contributed by atoms with E-state index >= 15 is 0 Å². The highest BCUT2D eigenvalue weighted by Crippen LogP contribution is 2.15. The van der Waals surface area contributed by atoms with Crippen LogP contribution in [0.25, 0.3) is 0 Å². The van der Waals surface area contributed by atoms with Crippen LogP contribution in [0.2, 0.25) is 0 Å². The minimum absolute atomic E-state index is 0.396. The number of carboxylic acids is 1. The molecule has 2 rings (SSSR count). The van der Waals surface area contributed by atoms with Gasteiger partial charge in [-0.05, 0) is 37.1 Å². The standard InChI is InChI=1S/C17H21NO3/c1-3-5-16-15(17(19)20)8-9-18(16)10-11-21-14-7-4-6-13(2)12-14/h4,6-9,12H,3,5,10-11H2,1-2H3,(H,19,20). The lowest BCUT2D eigenvalue weighted by Crippen LogP contribution is -2.12. The molecule has 2 aromatic rings. The molecule has 4 nitrogen and oxygen atoms in total. The molecule has 0 fully saturated rings. The summed E-state index contributed by atoms with van der Waals surface area (Å²) in [7, 11) is 0. The number of nitrogens with zero attached hydrogens (tertiary/aromatic N) is 1. The number of benzene rings is 1. The first kappa shape index (κ1) is 15.2. The van der Waals surface area contributed by atoms with Gasteiger partial charge in [0.25, 0.3) is 0 Å². The van der Waals surface area contributed by atoms with E-state index in [9.17, 15) is 9.90 Å². The zero-order valence-electron chi connectivity index (χ0n) is 12.5. The quantitative estimate of drug-likeness (QED) is 0.847. The van der Waals surface area contributed by atoms with Crippen LogP contribution in [0.15, 0.2) is 36.5 Å². The Labute approximate surface area is 125 Å². The largest absolute Gasteiger partial charge is 0.492 e. The summed E-state index contributed by atoms with van der Waals surface area (Å²) in [5, 5.41) is 9.19. The summed E-state index contributed by atoms with van der Waals surface area (Å²) in [6, 6.07) is 9.58. The Hall–Kier alpha value is -2.23. The van der Waals surface area contributed by atoms with E-state index in [0.29, 0.717) is 18.7 Å². The molecule has 0 atom stereocenters. The molecule has 1 aromatic carbocycles. The minimum atomic E-state index is -0.864. The first-order valence-electron chi connectivity index (χ1n) is 7.22. The van der Waals surface area contributed by atoms with Gasteiger partial charge in [-0.25, -0.2) is 4.79 Å². The van der Waals surface area contributed by atoms with E-state index in [1.54, 1.807) is 6.07 Å². The highest BCUT2D eigenvalue weighted by molar-refractivity contribution is 5.89. The number of carbonyl (C=O) groups is 1. The van der Waals surface area contributed by atoms with Gasteiger partial charge in [0.05, 0.1) is 12.1 Å². The first-order chi connectivity index (χ1) is 10.1. The fourth-order valence-corrected chi connectivity index (χ4v) is 2.39. The molecule has 1 N–H and O–H groups in total. The van der Waals surface area contributed by atoms with Crippen LogP contribution in [0.4, 0.5) is 0 Å². The van der Waals surface area contributed by atoms with Gasteiger partial charge in [-0.3, -0.25) is 0 Å². The fourth-order valence-electron chi connectivity index (χ4n) is 2.39. The van der Waals surface area contributed by atoms with Crippen LogP contribution >= 0.6 is 0 Å². The third kappa shape index (κ3) is 3.88. The second-order valence-electron chi connectivity index (χ2n) is 5.09. The number of aromatic carboxylic acids is 1. The Morgan fingerprint density at radius 3 is 2.81 bits per heavy atom. The van der Waals surface area contributed by atoms with Crippen molar-refractivity contribution in [2.75, 3.05) is 6.61 Å². The van der Waals surface area contributed by atoms with E-state index in [0.717, 1.165) is 29.8 Å². The summed E-state index contributed by atoms with van der Waals surface area (Å²) in [5.74, 6) is -0.0190. The number of hydrogen-bond donors (Lipinski definition) is 1. The minimum Gasteiger partial charge on any atom is -0.492 e. The van der Waals surface area contributed by atoms with Gasteiger partial charge in [-0.2, -0.15) is 0 Å². The van der Waals surface area contributed by atoms with E-state index in [2.05, 4.69) is 0 Å². The number of aromatic nitrogens is 1. The monoisotopic (exact) mass is 287 g/mol. The summed E-state index contributed by atoms with van der Waals surface area (Å²) < 4.78 is 7.70. The molecule has 4 heteroatoms. The molecule has 0 spiro atoms. The van der Waals surface area contributed by atoms with Gasteiger partial charge in [-0.1, -0.05) is 25.5 Å². The normalized spacial score (nSPS) is 10.6. The highest BCUT2D eigenvalue weighted by Gasteiger charge is 2.14. The maximum atomic E-state index is 11.2. The van der Waals surface area contributed by atoms with Crippen LogP contribution in [-0.4, -0.2) is 22.2 Å². The summed E-state index contributed by atoms with van der Waals surface area (Å²) in [4.78, 5) is 11.2. The van der Waals surface area contributed by atoms with Crippen LogP contribution in [0.1, 0.15) is 35.0 Å². The zero-order chi connectivity index (χ0) is 15.2. The smallest absolute Gasteiger partial charge is 0.337 e. The second-order valence-corrected chi connectivity index (χ2v) is 5.09. The first-order valence-corrected chi connectivity index (χ1v) is 7.22. The molecule has 0 saturated heterocycles. The summed E-state index contributed by atoms with van der Waals surface area (Å²) in [5.41, 5.74) is 2.43. The van der Waals surface area contributed by atoms with Crippen LogP contribution in [0.5, 0.6) is 5.75 Å². The maximum absolute atomic E-state index is 11.2. The van der Waals surface area contributed by atoms with Crippen LogP contribution in [0, 0.1) is 6.92 Å². The Balaban J connectivity index is 2.01. The number of hydrogen-bond acceptors (Lipinski definition) is 2. The van der Waals surface area contributed by atoms with Crippen molar-refractivity contribution < 1.29 is 14.6 Å². The Bertz CT molecular complexity index is 616. The number of carboxylic acid groups (broad SMARTS) is 1. The van der Waals surface area contributed by atoms with Crippen molar-refractivity contribution in [1.29, 1.82) is 0 Å². The van der Waals surface area contributed by atoms with E-state index in [1.165, 1.54) is 0 Å². The van der Waals surface area contributed by atoms with Gasteiger partial charge in [0.1, 0.15) is 12.4 Å². The predicted octanol–water partition coefficient (Wildman–Crippen LogP) is 3.53. The number of rotatable bonds is 7. The molecule has 0 aliphatic carbocycles. The average molecular weight is 287 g/mol. The van der Waals surface area contributed by atoms with Gasteiger partial charge in [-0.15, -0.1) is 0 Å². The van der Waals surface area contributed by atoms with Crippen molar-refractivity contribution in [1.82, 2.24) is 4.57 Å². The second kappa shape index (κ2) is 6.97. The lowest BCUT2D eigenvalue weighted by Gasteiger charge is -2.11. The molecule has 0 bridgehead atoms. The van der Waals surface area contributed by atoms with Crippen molar-refractivity contribution in [2.45, 2.75) is 33.2 Å². The number of aryl methyl sites for hydroxylation is 1. The van der Waals surface area contributed by atoms with Crippen LogP contribution < -0.4 is 4.74 Å². The topological polar surface area (TPSA) is 51.5 Å². The molecule has 0 aliphatic heterocycles. The lowest BCUT2D eigenvalue weighted by molar-refractivity contribution is 0.0695. The molecule has 0 aliphatic rings. The van der Waals surface area contributed by atoms with Gasteiger partial charge in [0.15, 0.2) is 0 Å². The fraction of sp³-hybridized carbons (Fsp3) is 0.353. The summed E-state index contributed by atoms with van der Waals surface area (Å²) in [6.07, 6.45) is 3.51. The lowest BCUT2D eigenvalue weighted by atomic mass is 10.1. The van der Waals surface area contributed by atoms with Crippen molar-refractivity contribution in [3.05, 3.63) is 53.3 Å². The van der Waals surface area contributed by atoms with E-state index in [1.807, 2.05) is 48.9 Å². The van der Waals surface area contributed by atoms with Crippen molar-refractivity contribution in [3.8, 4) is 5.75 Å². The van der Waals surface area contributed by atoms with Gasteiger partial charge < -0.3 is 14.4 Å². The molecular weight excluding hydrogens is 266 g/mol. The SMILES string of the molecule is CCCc1c(C(=O)O)ccn1CCOc1cccc(C)c1. The Kier molecular flexibility index (Phi) is 5.04. The third-order valence-corrected chi connectivity index (χ3v) is 3.39. The van der Waals surface area contributed by atoms with E-state index in [-0.39, 0.29) is 0 Å². The van der Waals surface area contributed by atoms with Crippen molar-refractivity contribution in [3.63, 3.8) is 0 Å². The van der Waals surface area contributed by atoms with Crippen molar-refractivity contribution in [2.24, 2.45) is 0 Å². The summed E-state index contributed by atoms with van der Waals surface area (Å²) in [6.45, 7) is 5.24. The van der Waals surface area contributed by atoms with Crippen LogP contribution in [0.3, 0.4) is 0 Å². The highest BCUT2D eigenvalue weighted by atomic mass is 16.5. The molecule has 0 amide bonds. The number of ether oxygens (including phenoxy) is 1. The average Bonchev–Trinajstić information content (AvgIpc) is 2.83. The Morgan fingerprint density at radius 2 is 2.14 bits per heavy atom. The van der Waals surface area contributed by atoms with Gasteiger partial charge in [0, 0.05) is 11.9 Å². The molecule has 21 heavy (non-hydrogen) atoms. The van der Waals surface area contributed by atoms with E-state index < -0.39 is 5.97 Å². The van der Waals surface area contributed by atoms with Gasteiger partial charge >= 0.3 is 5.97 Å². The zero-order valence-corrected chi connectivity index (χ0v) is 12.5. The van der Waals surface area contributed by atoms with Crippen LogP contribution in [-0.2, 0) is 13.0 Å². The molecule has 0 unspecified atom stereocenters. The molecule has 1 heterocycles. The summed E-state index contributed by atoms with van der Waals surface area (Å²) >= 11 is 0. The molecular formula is C17H21NO3. The Morgan fingerprint density at radius 1 is 1.33 bits per heavy atom. The third-order valence-electron chi connectivity index (χ3n) is 3.39. The molecule has 0 saturated carbocycles. The van der Waals surface area contributed by atoms with Gasteiger partial charge in [0.2, 0.25) is 0 Å².